The first-order valence-corrected chi connectivity index (χ1v) is 11.5. The van der Waals surface area contributed by atoms with Crippen LogP contribution in [0.25, 0.3) is 11.1 Å². The summed E-state index contributed by atoms with van der Waals surface area (Å²) in [5.41, 5.74) is 5.12. The first kappa shape index (κ1) is 20.5. The van der Waals surface area contributed by atoms with Gasteiger partial charge in [-0.25, -0.2) is 0 Å². The van der Waals surface area contributed by atoms with Crippen molar-refractivity contribution < 1.29 is 9.59 Å². The number of amides is 2. The number of carbonyl (C=O) groups excluding carboxylic acids is 2. The Kier molecular flexibility index (Phi) is 5.76. The average Bonchev–Trinajstić information content (AvgIpc) is 3.74. The smallest absolute Gasteiger partial charge is 0.251 e. The second kappa shape index (κ2) is 8.99. The number of hydrogen-bond donors (Lipinski definition) is 1. The molecule has 0 heterocycles. The molecule has 0 aromatic heterocycles. The van der Waals surface area contributed by atoms with Crippen molar-refractivity contribution in [3.63, 3.8) is 0 Å². The van der Waals surface area contributed by atoms with Crippen LogP contribution in [0.3, 0.4) is 0 Å². The van der Waals surface area contributed by atoms with E-state index in [-0.39, 0.29) is 11.8 Å². The van der Waals surface area contributed by atoms with Crippen LogP contribution in [-0.2, 0) is 17.8 Å². The summed E-state index contributed by atoms with van der Waals surface area (Å²) in [6.07, 6.45) is 4.71. The van der Waals surface area contributed by atoms with Gasteiger partial charge >= 0.3 is 0 Å². The molecule has 0 radical (unpaired) electrons. The number of benzene rings is 3. The zero-order chi connectivity index (χ0) is 21.9. The summed E-state index contributed by atoms with van der Waals surface area (Å²) in [5.74, 6) is 0.156. The number of nitrogens with one attached hydrogen (secondary N) is 1. The van der Waals surface area contributed by atoms with E-state index in [1.54, 1.807) is 0 Å². The Morgan fingerprint density at radius 2 is 1.38 bits per heavy atom. The van der Waals surface area contributed by atoms with Gasteiger partial charge < -0.3 is 10.2 Å². The Morgan fingerprint density at radius 1 is 0.750 bits per heavy atom. The molecule has 1 N–H and O–H groups in total. The normalized spacial score (nSPS) is 15.2. The molecular weight excluding hydrogens is 396 g/mol. The molecule has 0 aliphatic heterocycles. The van der Waals surface area contributed by atoms with E-state index in [4.69, 9.17) is 0 Å². The van der Waals surface area contributed by atoms with Crippen molar-refractivity contribution in [1.29, 1.82) is 0 Å². The molecule has 4 nitrogen and oxygen atoms in total. The quantitative estimate of drug-likeness (QED) is 0.554. The van der Waals surface area contributed by atoms with E-state index in [2.05, 4.69) is 41.7 Å². The highest BCUT2D eigenvalue weighted by molar-refractivity contribution is 5.94. The summed E-state index contributed by atoms with van der Waals surface area (Å²) in [4.78, 5) is 27.3. The van der Waals surface area contributed by atoms with Crippen LogP contribution in [0.15, 0.2) is 78.9 Å². The molecule has 2 aliphatic rings. The summed E-state index contributed by atoms with van der Waals surface area (Å²) >= 11 is 0. The van der Waals surface area contributed by atoms with Crippen LogP contribution in [0.2, 0.25) is 0 Å². The maximum atomic E-state index is 13.1. The molecule has 0 unspecified atom stereocenters. The molecule has 0 saturated heterocycles. The number of carbonyl (C=O) groups is 2. The van der Waals surface area contributed by atoms with Crippen molar-refractivity contribution in [1.82, 2.24) is 10.2 Å². The van der Waals surface area contributed by atoms with E-state index < -0.39 is 0 Å². The van der Waals surface area contributed by atoms with Crippen molar-refractivity contribution in [2.75, 3.05) is 0 Å². The van der Waals surface area contributed by atoms with Crippen LogP contribution >= 0.6 is 0 Å². The Hall–Kier alpha value is -3.40. The number of nitrogens with zero attached hydrogens (tertiary/aromatic N) is 1. The van der Waals surface area contributed by atoms with Crippen LogP contribution in [0.5, 0.6) is 0 Å². The lowest BCUT2D eigenvalue weighted by Crippen LogP contribution is -2.33. The third-order valence-electron chi connectivity index (χ3n) is 6.21. The Balaban J connectivity index is 1.22. The van der Waals surface area contributed by atoms with Crippen molar-refractivity contribution in [2.45, 2.75) is 50.7 Å². The summed E-state index contributed by atoms with van der Waals surface area (Å²) in [5, 5.41) is 3.01. The van der Waals surface area contributed by atoms with Gasteiger partial charge in [-0.3, -0.25) is 9.59 Å². The van der Waals surface area contributed by atoms with Gasteiger partial charge in [-0.1, -0.05) is 66.7 Å². The average molecular weight is 425 g/mol. The molecule has 5 rings (SSSR count). The predicted octanol–water partition coefficient (Wildman–Crippen LogP) is 4.98. The number of rotatable bonds is 8. The minimum absolute atomic E-state index is 0.00637. The van der Waals surface area contributed by atoms with Gasteiger partial charge in [0.05, 0.1) is 6.42 Å². The fourth-order valence-corrected chi connectivity index (χ4v) is 3.98. The topological polar surface area (TPSA) is 49.4 Å². The van der Waals surface area contributed by atoms with Crippen LogP contribution in [0.4, 0.5) is 0 Å². The molecule has 2 amide bonds. The lowest BCUT2D eigenvalue weighted by atomic mass is 10.0. The molecule has 4 heteroatoms. The summed E-state index contributed by atoms with van der Waals surface area (Å²) in [6.45, 7) is 0.593. The highest BCUT2D eigenvalue weighted by Crippen LogP contribution is 2.29. The van der Waals surface area contributed by atoms with Gasteiger partial charge in [0.25, 0.3) is 5.91 Å². The summed E-state index contributed by atoms with van der Waals surface area (Å²) < 4.78 is 0. The first-order chi connectivity index (χ1) is 15.7. The first-order valence-electron chi connectivity index (χ1n) is 11.5. The molecule has 3 aromatic carbocycles. The van der Waals surface area contributed by atoms with E-state index in [1.807, 2.05) is 47.4 Å². The lowest BCUT2D eigenvalue weighted by molar-refractivity contribution is -0.131. The standard InChI is InChI=1S/C28H28N2O2/c31-27(18-20-6-10-23(11-7-20)22-4-2-1-3-5-22)30(26-16-17-26)19-21-8-12-24(13-9-21)28(32)29-25-14-15-25/h1-13,25-26H,14-19H2,(H,29,32). The highest BCUT2D eigenvalue weighted by atomic mass is 16.2. The molecular formula is C28H28N2O2. The van der Waals surface area contributed by atoms with Gasteiger partial charge in [0, 0.05) is 24.2 Å². The van der Waals surface area contributed by atoms with Gasteiger partial charge in [0.15, 0.2) is 0 Å². The second-order valence-corrected chi connectivity index (χ2v) is 8.94. The minimum Gasteiger partial charge on any atom is -0.349 e. The van der Waals surface area contributed by atoms with Gasteiger partial charge in [-0.2, -0.15) is 0 Å². The Morgan fingerprint density at radius 3 is 2.00 bits per heavy atom. The molecule has 2 saturated carbocycles. The van der Waals surface area contributed by atoms with Crippen molar-refractivity contribution in [3.05, 3.63) is 95.6 Å². The Labute approximate surface area is 189 Å². The van der Waals surface area contributed by atoms with E-state index in [9.17, 15) is 9.59 Å². The van der Waals surface area contributed by atoms with E-state index >= 15 is 0 Å². The van der Waals surface area contributed by atoms with Crippen LogP contribution in [-0.4, -0.2) is 28.8 Å². The minimum atomic E-state index is -0.00637. The van der Waals surface area contributed by atoms with E-state index in [1.165, 1.54) is 5.56 Å². The predicted molar refractivity (Wildman–Crippen MR) is 126 cm³/mol. The van der Waals surface area contributed by atoms with Crippen LogP contribution in [0.1, 0.15) is 47.2 Å². The molecule has 2 aliphatic carbocycles. The Bertz CT molecular complexity index is 1080. The maximum Gasteiger partial charge on any atom is 0.251 e. The SMILES string of the molecule is O=C(NC1CC1)c1ccc(CN(C(=O)Cc2ccc(-c3ccccc3)cc2)C2CC2)cc1. The number of hydrogen-bond acceptors (Lipinski definition) is 2. The lowest BCUT2D eigenvalue weighted by Gasteiger charge is -2.23. The zero-order valence-corrected chi connectivity index (χ0v) is 18.2. The molecule has 162 valence electrons. The van der Waals surface area contributed by atoms with Crippen molar-refractivity contribution in [2.24, 2.45) is 0 Å². The zero-order valence-electron chi connectivity index (χ0n) is 18.2. The molecule has 32 heavy (non-hydrogen) atoms. The molecule has 0 bridgehead atoms. The van der Waals surface area contributed by atoms with E-state index in [0.29, 0.717) is 30.6 Å². The second-order valence-electron chi connectivity index (χ2n) is 8.94. The fraction of sp³-hybridized carbons (Fsp3) is 0.286. The van der Waals surface area contributed by atoms with Crippen molar-refractivity contribution >= 4 is 11.8 Å². The van der Waals surface area contributed by atoms with Crippen molar-refractivity contribution in [3.8, 4) is 11.1 Å². The van der Waals surface area contributed by atoms with E-state index in [0.717, 1.165) is 42.4 Å². The maximum absolute atomic E-state index is 13.1. The largest absolute Gasteiger partial charge is 0.349 e. The molecule has 3 aromatic rings. The summed E-state index contributed by atoms with van der Waals surface area (Å²) in [7, 11) is 0. The van der Waals surface area contributed by atoms with Gasteiger partial charge in [0.1, 0.15) is 0 Å². The van der Waals surface area contributed by atoms with Gasteiger partial charge in [-0.15, -0.1) is 0 Å². The highest BCUT2D eigenvalue weighted by Gasteiger charge is 2.32. The van der Waals surface area contributed by atoms with Crippen LogP contribution in [0, 0.1) is 0 Å². The van der Waals surface area contributed by atoms with Crippen LogP contribution < -0.4 is 5.32 Å². The molecule has 0 spiro atoms. The third-order valence-corrected chi connectivity index (χ3v) is 6.21. The monoisotopic (exact) mass is 424 g/mol. The molecule has 2 fully saturated rings. The van der Waals surface area contributed by atoms with Gasteiger partial charge in [-0.05, 0) is 60.1 Å². The third kappa shape index (κ3) is 5.08. The molecule has 0 atom stereocenters. The van der Waals surface area contributed by atoms with Gasteiger partial charge in [0.2, 0.25) is 5.91 Å². The summed E-state index contributed by atoms with van der Waals surface area (Å²) in [6, 6.07) is 26.9. The fourth-order valence-electron chi connectivity index (χ4n) is 3.98.